The third-order valence-corrected chi connectivity index (χ3v) is 6.04. The van der Waals surface area contributed by atoms with Crippen molar-refractivity contribution in [1.29, 1.82) is 0 Å². The Morgan fingerprint density at radius 3 is 2.22 bits per heavy atom. The van der Waals surface area contributed by atoms with Crippen molar-refractivity contribution in [3.63, 3.8) is 0 Å². The molecule has 0 bridgehead atoms. The van der Waals surface area contributed by atoms with Gasteiger partial charge < -0.3 is 18.9 Å². The van der Waals surface area contributed by atoms with Gasteiger partial charge in [0.25, 0.3) is 0 Å². The number of benzene rings is 2. The maximum absolute atomic E-state index is 5.71. The molecule has 2 aliphatic heterocycles. The van der Waals surface area contributed by atoms with Crippen LogP contribution in [0.2, 0.25) is 0 Å². The Labute approximate surface area is 160 Å². The van der Waals surface area contributed by atoms with Gasteiger partial charge in [0.15, 0.2) is 23.0 Å². The normalized spacial score (nSPS) is 20.9. The zero-order valence-electron chi connectivity index (χ0n) is 16.7. The third kappa shape index (κ3) is 2.72. The molecule has 4 rings (SSSR count). The highest BCUT2D eigenvalue weighted by atomic mass is 16.5. The number of hydrogen-bond acceptors (Lipinski definition) is 5. The number of rotatable bonds is 4. The topological polar surface area (TPSA) is 40.2 Å². The largest absolute Gasteiger partial charge is 0.493 e. The third-order valence-electron chi connectivity index (χ3n) is 6.04. The predicted octanol–water partition coefficient (Wildman–Crippen LogP) is 3.94. The molecular formula is C22H27NO4. The molecule has 2 aromatic carbocycles. The summed E-state index contributed by atoms with van der Waals surface area (Å²) in [7, 11) is 6.80. The first kappa shape index (κ1) is 18.0. The van der Waals surface area contributed by atoms with Crippen molar-refractivity contribution in [3.05, 3.63) is 46.5 Å². The van der Waals surface area contributed by atoms with E-state index in [-0.39, 0.29) is 0 Å². The van der Waals surface area contributed by atoms with E-state index in [2.05, 4.69) is 30.0 Å². The second-order valence-electron chi connectivity index (χ2n) is 7.23. The van der Waals surface area contributed by atoms with Crippen LogP contribution in [0, 0.1) is 0 Å². The molecule has 0 aliphatic carbocycles. The van der Waals surface area contributed by atoms with Gasteiger partial charge in [0.05, 0.1) is 28.4 Å². The average Bonchev–Trinajstić information content (AvgIpc) is 2.71. The first-order chi connectivity index (χ1) is 13.1. The first-order valence-corrected chi connectivity index (χ1v) is 9.35. The standard InChI is InChI=1S/C22H27NO4/c1-13-15-6-7-18(24-2)22(27-5)17(15)12-23-9-8-14-10-19(25-3)20(26-4)11-16(14)21(13)23/h6-7,10-11,13,21H,8-9,12H2,1-5H3/t13?,21-/m0/s1. The summed E-state index contributed by atoms with van der Waals surface area (Å²) in [5, 5.41) is 0. The molecule has 0 saturated carbocycles. The molecule has 5 heteroatoms. The molecule has 144 valence electrons. The SMILES string of the molecule is COc1cc2c(cc1OC)[C@@H]1C(C)c3ccc(OC)c(OC)c3CN1CC2. The average molecular weight is 369 g/mol. The van der Waals surface area contributed by atoms with Crippen molar-refractivity contribution >= 4 is 0 Å². The molecule has 2 aromatic rings. The molecule has 27 heavy (non-hydrogen) atoms. The Morgan fingerprint density at radius 2 is 1.56 bits per heavy atom. The summed E-state index contributed by atoms with van der Waals surface area (Å²) in [6.07, 6.45) is 1.00. The highest BCUT2D eigenvalue weighted by molar-refractivity contribution is 5.56. The van der Waals surface area contributed by atoms with E-state index in [1.165, 1.54) is 22.3 Å². The van der Waals surface area contributed by atoms with Crippen LogP contribution in [0.1, 0.15) is 41.1 Å². The molecule has 5 nitrogen and oxygen atoms in total. The monoisotopic (exact) mass is 369 g/mol. The fraction of sp³-hybridized carbons (Fsp3) is 0.455. The van der Waals surface area contributed by atoms with Gasteiger partial charge in [-0.15, -0.1) is 0 Å². The molecule has 0 fully saturated rings. The Balaban J connectivity index is 1.82. The Morgan fingerprint density at radius 1 is 0.852 bits per heavy atom. The number of fused-ring (bicyclic) bond motifs is 4. The number of methoxy groups -OCH3 is 4. The van der Waals surface area contributed by atoms with Crippen molar-refractivity contribution in [2.75, 3.05) is 35.0 Å². The molecular weight excluding hydrogens is 342 g/mol. The Hall–Kier alpha value is -2.40. The van der Waals surface area contributed by atoms with Crippen molar-refractivity contribution < 1.29 is 18.9 Å². The van der Waals surface area contributed by atoms with Gasteiger partial charge in [-0.1, -0.05) is 13.0 Å². The van der Waals surface area contributed by atoms with E-state index in [0.717, 1.165) is 42.5 Å². The van der Waals surface area contributed by atoms with E-state index in [1.807, 2.05) is 6.07 Å². The van der Waals surface area contributed by atoms with Crippen LogP contribution in [0.3, 0.4) is 0 Å². The molecule has 0 saturated heterocycles. The van der Waals surface area contributed by atoms with Crippen molar-refractivity contribution in [2.45, 2.75) is 31.8 Å². The summed E-state index contributed by atoms with van der Waals surface area (Å²) in [5.41, 5.74) is 5.26. The van der Waals surface area contributed by atoms with Gasteiger partial charge in [0.2, 0.25) is 0 Å². The minimum atomic E-state index is 0.319. The van der Waals surface area contributed by atoms with E-state index in [0.29, 0.717) is 12.0 Å². The van der Waals surface area contributed by atoms with Gasteiger partial charge >= 0.3 is 0 Å². The van der Waals surface area contributed by atoms with Crippen LogP contribution >= 0.6 is 0 Å². The van der Waals surface area contributed by atoms with Crippen LogP contribution in [-0.4, -0.2) is 39.9 Å². The van der Waals surface area contributed by atoms with E-state index >= 15 is 0 Å². The highest BCUT2D eigenvalue weighted by Gasteiger charge is 2.39. The number of ether oxygens (including phenoxy) is 4. The molecule has 2 atom stereocenters. The molecule has 0 amide bonds. The fourth-order valence-corrected chi connectivity index (χ4v) is 4.76. The number of hydrogen-bond donors (Lipinski definition) is 0. The summed E-state index contributed by atoms with van der Waals surface area (Å²) in [6, 6.07) is 8.82. The van der Waals surface area contributed by atoms with Crippen molar-refractivity contribution in [1.82, 2.24) is 4.90 Å². The van der Waals surface area contributed by atoms with Crippen LogP contribution in [0.15, 0.2) is 24.3 Å². The van der Waals surface area contributed by atoms with E-state index < -0.39 is 0 Å². The summed E-state index contributed by atoms with van der Waals surface area (Å²) < 4.78 is 22.3. The van der Waals surface area contributed by atoms with Gasteiger partial charge in [-0.25, -0.2) is 0 Å². The molecule has 2 aliphatic rings. The molecule has 2 heterocycles. The second kappa shape index (κ2) is 6.97. The van der Waals surface area contributed by atoms with Crippen LogP contribution < -0.4 is 18.9 Å². The molecule has 0 spiro atoms. The summed E-state index contributed by atoms with van der Waals surface area (Å²) in [6.45, 7) is 4.17. The van der Waals surface area contributed by atoms with Crippen LogP contribution in [0.4, 0.5) is 0 Å². The zero-order chi connectivity index (χ0) is 19.1. The Bertz CT molecular complexity index is 864. The number of nitrogens with zero attached hydrogens (tertiary/aromatic N) is 1. The summed E-state index contributed by atoms with van der Waals surface area (Å²) in [4.78, 5) is 2.54. The zero-order valence-corrected chi connectivity index (χ0v) is 16.7. The Kier molecular flexibility index (Phi) is 4.64. The second-order valence-corrected chi connectivity index (χ2v) is 7.23. The van der Waals surface area contributed by atoms with Crippen LogP contribution in [0.25, 0.3) is 0 Å². The maximum Gasteiger partial charge on any atom is 0.165 e. The van der Waals surface area contributed by atoms with Crippen LogP contribution in [0.5, 0.6) is 23.0 Å². The van der Waals surface area contributed by atoms with Gasteiger partial charge in [0.1, 0.15) is 0 Å². The van der Waals surface area contributed by atoms with Gasteiger partial charge in [0, 0.05) is 30.6 Å². The lowest BCUT2D eigenvalue weighted by atomic mass is 9.77. The predicted molar refractivity (Wildman–Crippen MR) is 104 cm³/mol. The smallest absolute Gasteiger partial charge is 0.165 e. The maximum atomic E-state index is 5.71. The lowest BCUT2D eigenvalue weighted by Crippen LogP contribution is -2.41. The van der Waals surface area contributed by atoms with Gasteiger partial charge in [-0.3, -0.25) is 4.90 Å². The lowest BCUT2D eigenvalue weighted by Gasteiger charge is -2.45. The first-order valence-electron chi connectivity index (χ1n) is 9.35. The molecule has 0 radical (unpaired) electrons. The molecule has 0 aromatic heterocycles. The van der Waals surface area contributed by atoms with E-state index in [9.17, 15) is 0 Å². The lowest BCUT2D eigenvalue weighted by molar-refractivity contribution is 0.136. The molecule has 0 N–H and O–H groups in total. The van der Waals surface area contributed by atoms with Crippen molar-refractivity contribution in [2.24, 2.45) is 0 Å². The van der Waals surface area contributed by atoms with E-state index in [4.69, 9.17) is 18.9 Å². The minimum absolute atomic E-state index is 0.319. The van der Waals surface area contributed by atoms with Crippen molar-refractivity contribution in [3.8, 4) is 23.0 Å². The fourth-order valence-electron chi connectivity index (χ4n) is 4.76. The van der Waals surface area contributed by atoms with Crippen LogP contribution in [-0.2, 0) is 13.0 Å². The van der Waals surface area contributed by atoms with Gasteiger partial charge in [-0.2, -0.15) is 0 Å². The van der Waals surface area contributed by atoms with Gasteiger partial charge in [-0.05, 0) is 41.3 Å². The summed E-state index contributed by atoms with van der Waals surface area (Å²) >= 11 is 0. The quantitative estimate of drug-likeness (QED) is 0.816. The highest BCUT2D eigenvalue weighted by Crippen LogP contribution is 2.50. The van der Waals surface area contributed by atoms with E-state index in [1.54, 1.807) is 28.4 Å². The minimum Gasteiger partial charge on any atom is -0.493 e. The molecule has 1 unspecified atom stereocenters. The summed E-state index contributed by atoms with van der Waals surface area (Å²) in [5.74, 6) is 3.60.